The highest BCUT2D eigenvalue weighted by Gasteiger charge is 2.25. The van der Waals surface area contributed by atoms with Crippen LogP contribution in [0.3, 0.4) is 0 Å². The van der Waals surface area contributed by atoms with Crippen LogP contribution < -0.4 is 28.7 Å². The van der Waals surface area contributed by atoms with E-state index >= 15 is 0 Å². The average Bonchev–Trinajstić information content (AvgIpc) is 4.01. The first kappa shape index (κ1) is 39.8. The summed E-state index contributed by atoms with van der Waals surface area (Å²) < 4.78 is 23.4. The van der Waals surface area contributed by atoms with E-state index in [9.17, 15) is 4.79 Å². The van der Waals surface area contributed by atoms with Crippen LogP contribution in [0.4, 0.5) is 11.6 Å². The fourth-order valence-electron chi connectivity index (χ4n) is 7.84. The Bertz CT molecular complexity index is 2940. The van der Waals surface area contributed by atoms with Crippen LogP contribution in [0.1, 0.15) is 30.4 Å². The smallest absolute Gasteiger partial charge is 0.318 e. The van der Waals surface area contributed by atoms with Gasteiger partial charge >= 0.3 is 12.0 Å². The molecule has 2 aliphatic rings. The summed E-state index contributed by atoms with van der Waals surface area (Å²) in [5.41, 5.74) is 4.91. The van der Waals surface area contributed by atoms with Gasteiger partial charge in [0.25, 0.3) is 0 Å². The summed E-state index contributed by atoms with van der Waals surface area (Å²) >= 11 is 0. The zero-order valence-electron chi connectivity index (χ0n) is 34.9. The van der Waals surface area contributed by atoms with Crippen LogP contribution in [0.25, 0.3) is 43.6 Å². The third kappa shape index (κ3) is 7.65. The van der Waals surface area contributed by atoms with Gasteiger partial charge in [-0.25, -0.2) is 9.97 Å². The first-order valence-electron chi connectivity index (χ1n) is 20.4. The Balaban J connectivity index is 0.000000159. The minimum Gasteiger partial charge on any atom is -0.467 e. The van der Waals surface area contributed by atoms with Crippen molar-refractivity contribution in [1.29, 1.82) is 0 Å². The molecule has 2 aromatic carbocycles. The lowest BCUT2D eigenvalue weighted by atomic mass is 10.1. The maximum absolute atomic E-state index is 12.0. The van der Waals surface area contributed by atoms with Gasteiger partial charge in [0.15, 0.2) is 0 Å². The molecule has 8 aromatic rings. The van der Waals surface area contributed by atoms with E-state index in [-0.39, 0.29) is 11.9 Å². The first-order chi connectivity index (χ1) is 30.3. The minimum atomic E-state index is -0.0662. The number of carbonyl (C=O) groups is 1. The molecule has 0 saturated carbocycles. The molecule has 6 aromatic heterocycles. The van der Waals surface area contributed by atoms with E-state index in [0.29, 0.717) is 72.3 Å². The minimum absolute atomic E-state index is 0.0662. The molecule has 2 saturated heterocycles. The second-order valence-electron chi connectivity index (χ2n) is 14.9. The largest absolute Gasteiger partial charge is 0.467 e. The number of rotatable bonds is 9. The molecule has 10 rings (SSSR count). The van der Waals surface area contributed by atoms with Gasteiger partial charge in [0.2, 0.25) is 17.7 Å². The number of ether oxygens (including phenoxy) is 4. The maximum atomic E-state index is 12.0. The fourth-order valence-corrected chi connectivity index (χ4v) is 7.84. The fraction of sp³-hybridized carbons (Fsp3) is 0.295. The molecule has 0 aliphatic carbocycles. The maximum Gasteiger partial charge on any atom is 0.318 e. The van der Waals surface area contributed by atoms with Crippen LogP contribution in [0.2, 0.25) is 0 Å². The third-order valence-corrected chi connectivity index (χ3v) is 11.1. The average molecular weight is 836 g/mol. The van der Waals surface area contributed by atoms with Crippen LogP contribution in [0, 0.1) is 13.8 Å². The number of amides is 1. The highest BCUT2D eigenvalue weighted by Crippen LogP contribution is 2.39. The Morgan fingerprint density at radius 1 is 0.629 bits per heavy atom. The van der Waals surface area contributed by atoms with Crippen LogP contribution in [0.15, 0.2) is 73.8 Å². The molecule has 0 radical (unpaired) electrons. The van der Waals surface area contributed by atoms with Gasteiger partial charge in [-0.1, -0.05) is 18.7 Å². The number of aryl methyl sites for hydroxylation is 2. The van der Waals surface area contributed by atoms with Crippen molar-refractivity contribution in [3.8, 4) is 35.3 Å². The van der Waals surface area contributed by atoms with Crippen molar-refractivity contribution in [3.05, 3.63) is 85.0 Å². The molecule has 2 N–H and O–H groups in total. The molecule has 62 heavy (non-hydrogen) atoms. The molecule has 2 aliphatic heterocycles. The first-order valence-corrected chi connectivity index (χ1v) is 20.4. The molecule has 316 valence electrons. The summed E-state index contributed by atoms with van der Waals surface area (Å²) in [6, 6.07) is 12.2. The molecule has 2 fully saturated rings. The van der Waals surface area contributed by atoms with Crippen molar-refractivity contribution < 1.29 is 23.7 Å². The summed E-state index contributed by atoms with van der Waals surface area (Å²) in [6.07, 6.45) is 11.8. The van der Waals surface area contributed by atoms with Gasteiger partial charge in [-0.15, -0.1) is 0 Å². The number of fused-ring (bicyclic) bond motifs is 4. The van der Waals surface area contributed by atoms with Gasteiger partial charge in [0.1, 0.15) is 34.2 Å². The van der Waals surface area contributed by atoms with Crippen LogP contribution in [-0.4, -0.2) is 115 Å². The molecule has 18 heteroatoms. The third-order valence-electron chi connectivity index (χ3n) is 11.1. The number of hydrogen-bond donors (Lipinski definition) is 2. The number of aromatic amines is 2. The Kier molecular flexibility index (Phi) is 11.0. The number of aromatic nitrogens is 10. The standard InChI is InChI=1S/C23H23N7O3.C21H22N6O2/c1-4-18(31)29-9-11-30(12-10-29)21-15-7-8-24-22(19(15)26-23(27-21)32-3)33-20-14(2)5-6-17-16(20)13-25-28-17;1-13-6-7-16-15(12-23-26-16)18(13)29-20-17-14(8-9-22-20)19(25-21(24-17)28-2)27-10-4-3-5-11-27/h4-8,13H,1,9-12H2,2-3H3,(H,25,28);6-9,12H,3-5,10-11H2,1-2H3,(H,23,26). The summed E-state index contributed by atoms with van der Waals surface area (Å²) in [5, 5.41) is 17.7. The Morgan fingerprint density at radius 3 is 1.58 bits per heavy atom. The van der Waals surface area contributed by atoms with E-state index in [2.05, 4.69) is 66.7 Å². The topological polar surface area (TPSA) is 198 Å². The van der Waals surface area contributed by atoms with Gasteiger partial charge in [-0.2, -0.15) is 30.1 Å². The summed E-state index contributed by atoms with van der Waals surface area (Å²) in [4.78, 5) is 45.5. The summed E-state index contributed by atoms with van der Waals surface area (Å²) in [6.45, 7) is 11.9. The number of hydrogen-bond acceptors (Lipinski definition) is 15. The lowest BCUT2D eigenvalue weighted by molar-refractivity contribution is -0.126. The van der Waals surface area contributed by atoms with Crippen molar-refractivity contribution >= 4 is 61.2 Å². The van der Waals surface area contributed by atoms with E-state index in [0.717, 1.165) is 75.5 Å². The Hall–Kier alpha value is -7.63. The zero-order valence-corrected chi connectivity index (χ0v) is 34.9. The van der Waals surface area contributed by atoms with Crippen LogP contribution in [-0.2, 0) is 4.79 Å². The van der Waals surface area contributed by atoms with E-state index in [1.54, 1.807) is 36.8 Å². The van der Waals surface area contributed by atoms with Gasteiger partial charge in [-0.05, 0) is 74.6 Å². The highest BCUT2D eigenvalue weighted by molar-refractivity contribution is 5.95. The lowest BCUT2D eigenvalue weighted by Crippen LogP contribution is -2.48. The predicted octanol–water partition coefficient (Wildman–Crippen LogP) is 6.85. The number of carbonyl (C=O) groups excluding carboxylic acids is 1. The van der Waals surface area contributed by atoms with Gasteiger partial charge in [-0.3, -0.25) is 15.0 Å². The normalized spacial score (nSPS) is 14.2. The molecule has 0 unspecified atom stereocenters. The van der Waals surface area contributed by atoms with E-state index in [1.165, 1.54) is 19.6 Å². The number of H-pyrrole nitrogens is 2. The van der Waals surface area contributed by atoms with Crippen molar-refractivity contribution in [2.45, 2.75) is 33.1 Å². The van der Waals surface area contributed by atoms with Crippen molar-refractivity contribution in [2.75, 3.05) is 63.3 Å². The molecule has 0 atom stereocenters. The Morgan fingerprint density at radius 2 is 1.11 bits per heavy atom. The van der Waals surface area contributed by atoms with Crippen LogP contribution in [0.5, 0.6) is 35.3 Å². The Labute approximate surface area is 355 Å². The molecule has 0 spiro atoms. The SMILES string of the molecule is C=CC(=O)N1CCN(c2nc(OC)nc3c(Oc4c(C)ccc5[nH]ncc45)nccc23)CC1.COc1nc(N2CCCCC2)c2ccnc(Oc3c(C)ccc4[nH]ncc34)c2n1. The van der Waals surface area contributed by atoms with Gasteiger partial charge in [0, 0.05) is 51.7 Å². The van der Waals surface area contributed by atoms with Gasteiger partial charge in [0.05, 0.1) is 59.2 Å². The summed E-state index contributed by atoms with van der Waals surface area (Å²) in [7, 11) is 3.10. The number of pyridine rings is 2. The predicted molar refractivity (Wildman–Crippen MR) is 235 cm³/mol. The second-order valence-corrected chi connectivity index (χ2v) is 14.9. The molecule has 8 heterocycles. The van der Waals surface area contributed by atoms with Crippen molar-refractivity contribution in [2.24, 2.45) is 0 Å². The van der Waals surface area contributed by atoms with Crippen molar-refractivity contribution in [3.63, 3.8) is 0 Å². The number of nitrogens with zero attached hydrogens (tertiary/aromatic N) is 11. The van der Waals surface area contributed by atoms with Crippen LogP contribution >= 0.6 is 0 Å². The van der Waals surface area contributed by atoms with Gasteiger partial charge < -0.3 is 33.6 Å². The quantitative estimate of drug-likeness (QED) is 0.143. The summed E-state index contributed by atoms with van der Waals surface area (Å²) in [5.74, 6) is 3.68. The highest BCUT2D eigenvalue weighted by atomic mass is 16.5. The molecule has 1 amide bonds. The van der Waals surface area contributed by atoms with E-state index < -0.39 is 0 Å². The molecule has 18 nitrogen and oxygen atoms in total. The molecule has 0 bridgehead atoms. The molecular formula is C44H45N13O5. The number of anilines is 2. The lowest BCUT2D eigenvalue weighted by Gasteiger charge is -2.35. The number of methoxy groups -OCH3 is 2. The van der Waals surface area contributed by atoms with E-state index in [4.69, 9.17) is 18.9 Å². The number of nitrogens with one attached hydrogen (secondary N) is 2. The van der Waals surface area contributed by atoms with Crippen molar-refractivity contribution in [1.82, 2.24) is 55.2 Å². The monoisotopic (exact) mass is 835 g/mol. The number of benzene rings is 2. The zero-order chi connectivity index (χ0) is 42.7. The number of piperidine rings is 1. The van der Waals surface area contributed by atoms with E-state index in [1.807, 2.05) is 50.2 Å². The molecular weight excluding hydrogens is 791 g/mol. The number of piperazine rings is 1. The second kappa shape index (κ2) is 17.2.